The fourth-order valence-corrected chi connectivity index (χ4v) is 5.81. The second kappa shape index (κ2) is 11.8. The smallest absolute Gasteiger partial charge is 0.253 e. The minimum absolute atomic E-state index is 0.0639. The first kappa shape index (κ1) is 26.5. The van der Waals surface area contributed by atoms with Crippen LogP contribution in [-0.2, 0) is 0 Å². The molecule has 2 aliphatic rings. The van der Waals surface area contributed by atoms with Crippen molar-refractivity contribution in [3.05, 3.63) is 66.5 Å². The highest BCUT2D eigenvalue weighted by Crippen LogP contribution is 2.29. The third-order valence-corrected chi connectivity index (χ3v) is 8.37. The van der Waals surface area contributed by atoms with Crippen LogP contribution < -0.4 is 4.90 Å². The molecule has 0 spiro atoms. The summed E-state index contributed by atoms with van der Waals surface area (Å²) in [7, 11) is 4.07. The Hall–Kier alpha value is -3.75. The van der Waals surface area contributed by atoms with E-state index in [9.17, 15) is 4.79 Å². The molecule has 2 saturated heterocycles. The zero-order valence-electron chi connectivity index (χ0n) is 23.6. The molecule has 8 heteroatoms. The molecule has 0 unspecified atom stereocenters. The highest BCUT2D eigenvalue weighted by Gasteiger charge is 2.17. The molecule has 0 bridgehead atoms. The van der Waals surface area contributed by atoms with E-state index in [0.29, 0.717) is 5.56 Å². The van der Waals surface area contributed by atoms with E-state index in [1.165, 1.54) is 31.6 Å². The van der Waals surface area contributed by atoms with Crippen molar-refractivity contribution in [2.45, 2.75) is 19.3 Å². The van der Waals surface area contributed by atoms with Crippen molar-refractivity contribution in [3.63, 3.8) is 0 Å². The van der Waals surface area contributed by atoms with Gasteiger partial charge in [-0.3, -0.25) is 4.79 Å². The fourth-order valence-electron chi connectivity index (χ4n) is 5.81. The van der Waals surface area contributed by atoms with Gasteiger partial charge < -0.3 is 24.6 Å². The number of nitrogens with one attached hydrogen (secondary N) is 1. The van der Waals surface area contributed by atoms with Gasteiger partial charge in [-0.2, -0.15) is 0 Å². The second-order valence-corrected chi connectivity index (χ2v) is 11.2. The Morgan fingerprint density at radius 3 is 2.35 bits per heavy atom. The van der Waals surface area contributed by atoms with Gasteiger partial charge >= 0.3 is 0 Å². The molecule has 2 aromatic carbocycles. The molecule has 2 fully saturated rings. The predicted octanol–water partition coefficient (Wildman–Crippen LogP) is 4.60. The summed E-state index contributed by atoms with van der Waals surface area (Å²) in [6.07, 6.45) is 7.39. The van der Waals surface area contributed by atoms with E-state index in [1.54, 1.807) is 0 Å². The quantitative estimate of drug-likeness (QED) is 0.354. The number of likely N-dealkylation sites (N-methyl/N-ethyl adjacent to an activating group) is 1. The number of piperazine rings is 1. The standard InChI is InChI=1S/C32H39N7O/c1-36-18-20-39(21-19-36)27-12-10-25(11-13-27)29-23-34-31-30(35-29)28(22-33-31)24-6-8-26(9-7-24)32(40)37(2)14-5-17-38-15-3-4-16-38/h6-13,22-23H,3-5,14-21H2,1-2H3,(H,33,34). The summed E-state index contributed by atoms with van der Waals surface area (Å²) in [6.45, 7) is 8.51. The molecule has 0 atom stereocenters. The minimum atomic E-state index is 0.0639. The first-order chi connectivity index (χ1) is 19.5. The molecular formula is C32H39N7O. The summed E-state index contributed by atoms with van der Waals surface area (Å²) in [6, 6.07) is 16.5. The number of carbonyl (C=O) groups is 1. The lowest BCUT2D eigenvalue weighted by molar-refractivity contribution is 0.0789. The van der Waals surface area contributed by atoms with E-state index < -0.39 is 0 Å². The number of fused-ring (bicyclic) bond motifs is 1. The Labute approximate surface area is 236 Å². The van der Waals surface area contributed by atoms with Gasteiger partial charge in [0, 0.05) is 68.3 Å². The van der Waals surface area contributed by atoms with Crippen LogP contribution in [0.15, 0.2) is 60.9 Å². The third kappa shape index (κ3) is 5.74. The molecule has 0 saturated carbocycles. The minimum Gasteiger partial charge on any atom is -0.369 e. The maximum atomic E-state index is 13.0. The van der Waals surface area contributed by atoms with Gasteiger partial charge in [0.2, 0.25) is 0 Å². The Morgan fingerprint density at radius 1 is 0.925 bits per heavy atom. The van der Waals surface area contributed by atoms with E-state index >= 15 is 0 Å². The molecule has 208 valence electrons. The SMILES string of the molecule is CN1CCN(c2ccc(-c3cnc4[nH]cc(-c5ccc(C(=O)N(C)CCCN6CCCC6)cc5)c4n3)cc2)CC1. The molecular weight excluding hydrogens is 498 g/mol. The first-order valence-electron chi connectivity index (χ1n) is 14.5. The third-order valence-electron chi connectivity index (χ3n) is 8.37. The lowest BCUT2D eigenvalue weighted by Crippen LogP contribution is -2.44. The summed E-state index contributed by atoms with van der Waals surface area (Å²) in [4.78, 5) is 35.0. The summed E-state index contributed by atoms with van der Waals surface area (Å²) in [5.41, 5.74) is 7.44. The van der Waals surface area contributed by atoms with Crippen molar-refractivity contribution in [3.8, 4) is 22.4 Å². The molecule has 8 nitrogen and oxygen atoms in total. The van der Waals surface area contributed by atoms with E-state index in [-0.39, 0.29) is 5.91 Å². The van der Waals surface area contributed by atoms with Crippen molar-refractivity contribution < 1.29 is 4.79 Å². The van der Waals surface area contributed by atoms with Gasteiger partial charge in [0.05, 0.1) is 11.9 Å². The number of benzene rings is 2. The molecule has 2 aliphatic heterocycles. The lowest BCUT2D eigenvalue weighted by atomic mass is 10.0. The number of rotatable bonds is 8. The van der Waals surface area contributed by atoms with Crippen molar-refractivity contribution in [2.75, 3.05) is 71.4 Å². The van der Waals surface area contributed by atoms with Gasteiger partial charge in [-0.25, -0.2) is 9.97 Å². The maximum Gasteiger partial charge on any atom is 0.253 e. The molecule has 4 heterocycles. The average Bonchev–Trinajstić information content (AvgIpc) is 3.67. The Kier molecular flexibility index (Phi) is 7.80. The molecule has 4 aromatic rings. The van der Waals surface area contributed by atoms with Gasteiger partial charge in [-0.05, 0) is 75.8 Å². The normalized spacial score (nSPS) is 16.6. The number of hydrogen-bond acceptors (Lipinski definition) is 6. The summed E-state index contributed by atoms with van der Waals surface area (Å²) in [5.74, 6) is 0.0639. The molecule has 0 aliphatic carbocycles. The summed E-state index contributed by atoms with van der Waals surface area (Å²) < 4.78 is 0. The largest absolute Gasteiger partial charge is 0.369 e. The van der Waals surface area contributed by atoms with Crippen LogP contribution in [0.25, 0.3) is 33.5 Å². The molecule has 6 rings (SSSR count). The Balaban J connectivity index is 1.14. The number of anilines is 1. The Morgan fingerprint density at radius 2 is 1.62 bits per heavy atom. The van der Waals surface area contributed by atoms with Crippen LogP contribution in [0, 0.1) is 0 Å². The number of aromatic nitrogens is 3. The van der Waals surface area contributed by atoms with Crippen LogP contribution in [-0.4, -0.2) is 102 Å². The zero-order chi connectivity index (χ0) is 27.5. The molecule has 1 N–H and O–H groups in total. The van der Waals surface area contributed by atoms with E-state index in [2.05, 4.69) is 56.0 Å². The van der Waals surface area contributed by atoms with Crippen LogP contribution in [0.3, 0.4) is 0 Å². The number of carbonyl (C=O) groups excluding carboxylic acids is 1. The number of likely N-dealkylation sites (tertiary alicyclic amines) is 1. The van der Waals surface area contributed by atoms with E-state index in [4.69, 9.17) is 4.98 Å². The van der Waals surface area contributed by atoms with Gasteiger partial charge in [-0.1, -0.05) is 24.3 Å². The molecule has 0 radical (unpaired) electrons. The van der Waals surface area contributed by atoms with Crippen molar-refractivity contribution in [1.29, 1.82) is 0 Å². The summed E-state index contributed by atoms with van der Waals surface area (Å²) >= 11 is 0. The number of H-pyrrole nitrogens is 1. The average molecular weight is 538 g/mol. The number of nitrogens with zero attached hydrogens (tertiary/aromatic N) is 6. The van der Waals surface area contributed by atoms with Crippen LogP contribution in [0.4, 0.5) is 5.69 Å². The van der Waals surface area contributed by atoms with Crippen molar-refractivity contribution in [1.82, 2.24) is 29.7 Å². The number of hydrogen-bond donors (Lipinski definition) is 1. The Bertz CT molecular complexity index is 1430. The highest BCUT2D eigenvalue weighted by molar-refractivity contribution is 5.96. The predicted molar refractivity (Wildman–Crippen MR) is 162 cm³/mol. The molecule has 40 heavy (non-hydrogen) atoms. The van der Waals surface area contributed by atoms with E-state index in [1.807, 2.05) is 48.6 Å². The molecule has 1 amide bonds. The van der Waals surface area contributed by atoms with Crippen LogP contribution in [0.1, 0.15) is 29.6 Å². The van der Waals surface area contributed by atoms with Crippen LogP contribution >= 0.6 is 0 Å². The summed E-state index contributed by atoms with van der Waals surface area (Å²) in [5, 5.41) is 0. The zero-order valence-corrected chi connectivity index (χ0v) is 23.6. The number of amides is 1. The van der Waals surface area contributed by atoms with Gasteiger partial charge in [0.25, 0.3) is 5.91 Å². The lowest BCUT2D eigenvalue weighted by Gasteiger charge is -2.34. The molecule has 2 aromatic heterocycles. The van der Waals surface area contributed by atoms with Crippen molar-refractivity contribution in [2.24, 2.45) is 0 Å². The van der Waals surface area contributed by atoms with Crippen LogP contribution in [0.2, 0.25) is 0 Å². The monoisotopic (exact) mass is 537 g/mol. The van der Waals surface area contributed by atoms with Gasteiger partial charge in [-0.15, -0.1) is 0 Å². The highest BCUT2D eigenvalue weighted by atomic mass is 16.2. The van der Waals surface area contributed by atoms with Gasteiger partial charge in [0.1, 0.15) is 5.52 Å². The van der Waals surface area contributed by atoms with Crippen molar-refractivity contribution >= 4 is 22.8 Å². The second-order valence-electron chi connectivity index (χ2n) is 11.2. The van der Waals surface area contributed by atoms with Crippen LogP contribution in [0.5, 0.6) is 0 Å². The maximum absolute atomic E-state index is 13.0. The van der Waals surface area contributed by atoms with E-state index in [0.717, 1.165) is 79.2 Å². The number of aromatic amines is 1. The first-order valence-corrected chi connectivity index (χ1v) is 14.5. The van der Waals surface area contributed by atoms with Gasteiger partial charge in [0.15, 0.2) is 5.65 Å². The topological polar surface area (TPSA) is 71.6 Å². The fraction of sp³-hybridized carbons (Fsp3) is 0.406.